The number of Topliss-reactive ketones (excluding diaryl/α,β-unsaturated/α-hetero) is 1. The van der Waals surface area contributed by atoms with Gasteiger partial charge in [-0.05, 0) is 49.4 Å². The Hall–Kier alpha value is -4.33. The highest BCUT2D eigenvalue weighted by Gasteiger charge is 2.17. The summed E-state index contributed by atoms with van der Waals surface area (Å²) in [6, 6.07) is 18.1. The van der Waals surface area contributed by atoms with E-state index in [9.17, 15) is 14.4 Å². The third kappa shape index (κ3) is 5.42. The molecule has 3 aromatic carbocycles. The van der Waals surface area contributed by atoms with Crippen molar-refractivity contribution in [3.05, 3.63) is 77.9 Å². The first kappa shape index (κ1) is 22.4. The van der Waals surface area contributed by atoms with Crippen LogP contribution >= 0.6 is 0 Å². The number of hydrogen-bond acceptors (Lipinski definition) is 5. The number of carbonyl (C=O) groups is 3. The average Bonchev–Trinajstić information content (AvgIpc) is 2.79. The Morgan fingerprint density at radius 2 is 1.28 bits per heavy atom. The first-order chi connectivity index (χ1) is 15.4. The van der Waals surface area contributed by atoms with E-state index in [0.717, 1.165) is 0 Å². The molecular formula is C24H23N3O5. The number of hydrogen-bond donors (Lipinski definition) is 3. The van der Waals surface area contributed by atoms with Crippen LogP contribution in [-0.4, -0.2) is 31.9 Å². The van der Waals surface area contributed by atoms with E-state index in [1.54, 1.807) is 36.4 Å². The normalized spacial score (nSPS) is 10.1. The van der Waals surface area contributed by atoms with Crippen LogP contribution < -0.4 is 25.4 Å². The number of amides is 3. The second-order valence-electron chi connectivity index (χ2n) is 6.79. The summed E-state index contributed by atoms with van der Waals surface area (Å²) in [5, 5.41) is 8.15. The zero-order chi connectivity index (χ0) is 23.1. The molecule has 164 valence electrons. The van der Waals surface area contributed by atoms with E-state index in [1.165, 1.54) is 33.3 Å². The molecular weight excluding hydrogens is 410 g/mol. The molecule has 3 rings (SSSR count). The van der Waals surface area contributed by atoms with Gasteiger partial charge in [-0.15, -0.1) is 0 Å². The molecule has 0 saturated carbocycles. The van der Waals surface area contributed by atoms with Gasteiger partial charge in [0.25, 0.3) is 5.91 Å². The van der Waals surface area contributed by atoms with Crippen molar-refractivity contribution in [3.8, 4) is 11.5 Å². The van der Waals surface area contributed by atoms with Gasteiger partial charge in [-0.1, -0.05) is 18.2 Å². The lowest BCUT2D eigenvalue weighted by Crippen LogP contribution is -2.19. The minimum absolute atomic E-state index is 0.231. The number of urea groups is 1. The van der Waals surface area contributed by atoms with E-state index in [4.69, 9.17) is 9.47 Å². The Labute approximate surface area is 185 Å². The van der Waals surface area contributed by atoms with Crippen LogP contribution in [0.3, 0.4) is 0 Å². The van der Waals surface area contributed by atoms with Crippen molar-refractivity contribution < 1.29 is 23.9 Å². The molecule has 3 amide bonds. The number of carbonyl (C=O) groups excluding carboxylic acids is 3. The summed E-state index contributed by atoms with van der Waals surface area (Å²) in [5.41, 5.74) is 2.14. The van der Waals surface area contributed by atoms with Gasteiger partial charge < -0.3 is 25.4 Å². The minimum atomic E-state index is -0.417. The van der Waals surface area contributed by atoms with Crippen LogP contribution in [0.4, 0.5) is 21.9 Å². The second-order valence-corrected chi connectivity index (χ2v) is 6.79. The molecule has 0 unspecified atom stereocenters. The van der Waals surface area contributed by atoms with Crippen molar-refractivity contribution in [2.75, 3.05) is 30.2 Å². The van der Waals surface area contributed by atoms with E-state index in [1.807, 2.05) is 18.2 Å². The molecule has 0 aliphatic carbocycles. The van der Waals surface area contributed by atoms with Gasteiger partial charge in [0.05, 0.1) is 19.9 Å². The third-order valence-corrected chi connectivity index (χ3v) is 4.59. The summed E-state index contributed by atoms with van der Waals surface area (Å²) >= 11 is 0. The van der Waals surface area contributed by atoms with Crippen molar-refractivity contribution in [3.63, 3.8) is 0 Å². The first-order valence-electron chi connectivity index (χ1n) is 9.72. The Morgan fingerprint density at radius 1 is 0.719 bits per heavy atom. The molecule has 8 heteroatoms. The standard InChI is InChI=1S/C24H23N3O5/c1-15(28)19-13-21(31-2)22(32-3)14-20(19)27-23(29)16-9-11-18(12-10-16)26-24(30)25-17-7-5-4-6-8-17/h4-14H,1-3H3,(H,27,29)(H2,25,26,30). The van der Waals surface area contributed by atoms with Gasteiger partial charge in [-0.2, -0.15) is 0 Å². The summed E-state index contributed by atoms with van der Waals surface area (Å²) in [6.07, 6.45) is 0. The van der Waals surface area contributed by atoms with Gasteiger partial charge >= 0.3 is 6.03 Å². The molecule has 3 aromatic rings. The molecule has 3 N–H and O–H groups in total. The number of anilines is 3. The van der Waals surface area contributed by atoms with Crippen molar-refractivity contribution in [1.82, 2.24) is 0 Å². The molecule has 0 atom stereocenters. The summed E-state index contributed by atoms with van der Waals surface area (Å²) in [5.74, 6) is 0.127. The van der Waals surface area contributed by atoms with Crippen LogP contribution in [0.15, 0.2) is 66.7 Å². The molecule has 0 bridgehead atoms. The topological polar surface area (TPSA) is 106 Å². The molecule has 0 aliphatic heterocycles. The molecule has 0 aromatic heterocycles. The lowest BCUT2D eigenvalue weighted by Gasteiger charge is -2.14. The summed E-state index contributed by atoms with van der Waals surface area (Å²) in [6.45, 7) is 1.40. The fourth-order valence-electron chi connectivity index (χ4n) is 2.99. The van der Waals surface area contributed by atoms with Gasteiger partial charge in [0.1, 0.15) is 0 Å². The van der Waals surface area contributed by atoms with Crippen LogP contribution in [0, 0.1) is 0 Å². The molecule has 32 heavy (non-hydrogen) atoms. The zero-order valence-electron chi connectivity index (χ0n) is 17.9. The fourth-order valence-corrected chi connectivity index (χ4v) is 2.99. The second kappa shape index (κ2) is 10.1. The number of rotatable bonds is 7. The smallest absolute Gasteiger partial charge is 0.323 e. The summed E-state index contributed by atoms with van der Waals surface area (Å²) in [7, 11) is 2.94. The first-order valence-corrected chi connectivity index (χ1v) is 9.72. The fraction of sp³-hybridized carbons (Fsp3) is 0.125. The van der Waals surface area contributed by atoms with Crippen molar-refractivity contribution >= 4 is 34.8 Å². The van der Waals surface area contributed by atoms with Gasteiger partial charge in [-0.25, -0.2) is 4.79 Å². The number of ketones is 1. The summed E-state index contributed by atoms with van der Waals surface area (Å²) < 4.78 is 10.5. The maximum atomic E-state index is 12.7. The molecule has 0 saturated heterocycles. The largest absolute Gasteiger partial charge is 0.493 e. The predicted octanol–water partition coefficient (Wildman–Crippen LogP) is 4.80. The Bertz CT molecular complexity index is 1130. The minimum Gasteiger partial charge on any atom is -0.493 e. The Morgan fingerprint density at radius 3 is 1.84 bits per heavy atom. The van der Waals surface area contributed by atoms with E-state index >= 15 is 0 Å². The summed E-state index contributed by atoms with van der Waals surface area (Å²) in [4.78, 5) is 36.9. The number of para-hydroxylation sites is 1. The maximum absolute atomic E-state index is 12.7. The predicted molar refractivity (Wildman–Crippen MR) is 123 cm³/mol. The van der Waals surface area contributed by atoms with Crippen molar-refractivity contribution in [2.45, 2.75) is 6.92 Å². The average molecular weight is 433 g/mol. The van der Waals surface area contributed by atoms with E-state index in [2.05, 4.69) is 16.0 Å². The maximum Gasteiger partial charge on any atom is 0.323 e. The van der Waals surface area contributed by atoms with Crippen LogP contribution in [0.1, 0.15) is 27.6 Å². The lowest BCUT2D eigenvalue weighted by molar-refractivity contribution is 0.101. The Kier molecular flexibility index (Phi) is 7.07. The highest BCUT2D eigenvalue weighted by molar-refractivity contribution is 6.09. The lowest BCUT2D eigenvalue weighted by atomic mass is 10.1. The van der Waals surface area contributed by atoms with Crippen LogP contribution in [0.2, 0.25) is 0 Å². The van der Waals surface area contributed by atoms with Crippen LogP contribution in [0.5, 0.6) is 11.5 Å². The van der Waals surface area contributed by atoms with E-state index in [-0.39, 0.29) is 5.78 Å². The Balaban J connectivity index is 1.71. The molecule has 0 radical (unpaired) electrons. The highest BCUT2D eigenvalue weighted by atomic mass is 16.5. The quantitative estimate of drug-likeness (QED) is 0.464. The van der Waals surface area contributed by atoms with Crippen molar-refractivity contribution in [2.24, 2.45) is 0 Å². The number of ether oxygens (including phenoxy) is 2. The van der Waals surface area contributed by atoms with Gasteiger partial charge in [-0.3, -0.25) is 9.59 Å². The molecule has 0 fully saturated rings. The number of methoxy groups -OCH3 is 2. The van der Waals surface area contributed by atoms with E-state index < -0.39 is 11.9 Å². The van der Waals surface area contributed by atoms with Crippen molar-refractivity contribution in [1.29, 1.82) is 0 Å². The SMILES string of the molecule is COc1cc(NC(=O)c2ccc(NC(=O)Nc3ccccc3)cc2)c(C(C)=O)cc1OC. The molecule has 8 nitrogen and oxygen atoms in total. The zero-order valence-corrected chi connectivity index (χ0v) is 17.9. The highest BCUT2D eigenvalue weighted by Crippen LogP contribution is 2.34. The molecule has 0 spiro atoms. The van der Waals surface area contributed by atoms with Gasteiger partial charge in [0.15, 0.2) is 17.3 Å². The van der Waals surface area contributed by atoms with Crippen LogP contribution in [0.25, 0.3) is 0 Å². The third-order valence-electron chi connectivity index (χ3n) is 4.59. The van der Waals surface area contributed by atoms with Gasteiger partial charge in [0.2, 0.25) is 0 Å². The van der Waals surface area contributed by atoms with Gasteiger partial charge in [0, 0.05) is 28.6 Å². The number of benzene rings is 3. The number of nitrogens with one attached hydrogen (secondary N) is 3. The molecule has 0 aliphatic rings. The van der Waals surface area contributed by atoms with E-state index in [0.29, 0.717) is 39.7 Å². The molecule has 0 heterocycles. The van der Waals surface area contributed by atoms with Crippen LogP contribution in [-0.2, 0) is 0 Å². The monoisotopic (exact) mass is 433 g/mol.